The Morgan fingerprint density at radius 2 is 2.09 bits per heavy atom. The van der Waals surface area contributed by atoms with Gasteiger partial charge in [0.05, 0.1) is 12.3 Å². The molecule has 1 aromatic heterocycles. The van der Waals surface area contributed by atoms with Crippen molar-refractivity contribution in [2.45, 2.75) is 19.8 Å². The molecule has 1 amide bonds. The second kappa shape index (κ2) is 5.89. The fourth-order valence-electron chi connectivity index (χ4n) is 2.61. The van der Waals surface area contributed by atoms with Gasteiger partial charge in [-0.3, -0.25) is 9.78 Å². The molecule has 1 aliphatic carbocycles. The quantitative estimate of drug-likeness (QED) is 0.891. The first-order valence-electron chi connectivity index (χ1n) is 7.55. The monoisotopic (exact) mass is 296 g/mol. The van der Waals surface area contributed by atoms with Gasteiger partial charge in [0.25, 0.3) is 5.91 Å². The molecule has 0 atom stereocenters. The Morgan fingerprint density at radius 1 is 1.27 bits per heavy atom. The fourth-order valence-corrected chi connectivity index (χ4v) is 2.61. The van der Waals surface area contributed by atoms with E-state index < -0.39 is 0 Å². The van der Waals surface area contributed by atoms with Crippen LogP contribution in [0.1, 0.15) is 28.8 Å². The Morgan fingerprint density at radius 3 is 2.73 bits per heavy atom. The first-order valence-corrected chi connectivity index (χ1v) is 7.55. The predicted octanol–water partition coefficient (Wildman–Crippen LogP) is 2.56. The molecule has 0 spiro atoms. The van der Waals surface area contributed by atoms with E-state index in [2.05, 4.69) is 10.3 Å². The molecular weight excluding hydrogens is 276 g/mol. The molecule has 4 nitrogen and oxygen atoms in total. The molecule has 0 aliphatic heterocycles. The molecule has 0 bridgehead atoms. The highest BCUT2D eigenvalue weighted by Crippen LogP contribution is 2.44. The number of nitrogens with one attached hydrogen (secondary N) is 1. The van der Waals surface area contributed by atoms with E-state index >= 15 is 0 Å². The van der Waals surface area contributed by atoms with Gasteiger partial charge in [-0.15, -0.1) is 0 Å². The van der Waals surface area contributed by atoms with Crippen molar-refractivity contribution in [3.8, 4) is 11.3 Å². The summed E-state index contributed by atoms with van der Waals surface area (Å²) < 4.78 is 0. The van der Waals surface area contributed by atoms with Crippen LogP contribution in [0.25, 0.3) is 11.3 Å². The van der Waals surface area contributed by atoms with E-state index in [1.54, 1.807) is 6.20 Å². The van der Waals surface area contributed by atoms with Gasteiger partial charge >= 0.3 is 0 Å². The minimum Gasteiger partial charge on any atom is -0.396 e. The van der Waals surface area contributed by atoms with Crippen molar-refractivity contribution in [3.63, 3.8) is 0 Å². The maximum atomic E-state index is 12.4. The first kappa shape index (κ1) is 14.7. The molecule has 2 aromatic rings. The third-order valence-corrected chi connectivity index (χ3v) is 4.44. The van der Waals surface area contributed by atoms with Gasteiger partial charge < -0.3 is 10.4 Å². The number of nitrogens with zero attached hydrogens (tertiary/aromatic N) is 1. The third kappa shape index (κ3) is 2.88. The van der Waals surface area contributed by atoms with Crippen LogP contribution < -0.4 is 5.32 Å². The first-order chi connectivity index (χ1) is 10.7. The van der Waals surface area contributed by atoms with Crippen LogP contribution in [0.4, 0.5) is 0 Å². The van der Waals surface area contributed by atoms with E-state index in [1.165, 1.54) is 0 Å². The molecule has 1 saturated carbocycles. The minimum absolute atomic E-state index is 0.0812. The molecule has 3 rings (SSSR count). The number of aromatic nitrogens is 1. The summed E-state index contributed by atoms with van der Waals surface area (Å²) in [6, 6.07) is 11.4. The average Bonchev–Trinajstić information content (AvgIpc) is 3.34. The summed E-state index contributed by atoms with van der Waals surface area (Å²) in [6.07, 6.45) is 3.72. The van der Waals surface area contributed by atoms with Crippen molar-refractivity contribution in [1.29, 1.82) is 0 Å². The minimum atomic E-state index is -0.0880. The van der Waals surface area contributed by atoms with Crippen LogP contribution in [-0.4, -0.2) is 29.1 Å². The van der Waals surface area contributed by atoms with Crippen LogP contribution in [-0.2, 0) is 0 Å². The van der Waals surface area contributed by atoms with E-state index in [-0.39, 0.29) is 17.9 Å². The summed E-state index contributed by atoms with van der Waals surface area (Å²) in [7, 11) is 0. The number of carbonyl (C=O) groups is 1. The number of amides is 1. The van der Waals surface area contributed by atoms with Gasteiger partial charge in [0.2, 0.25) is 0 Å². The van der Waals surface area contributed by atoms with Crippen LogP contribution in [0.15, 0.2) is 42.6 Å². The zero-order valence-electron chi connectivity index (χ0n) is 12.7. The molecule has 22 heavy (non-hydrogen) atoms. The Bertz CT molecular complexity index is 679. The number of hydrogen-bond donors (Lipinski definition) is 2. The highest BCUT2D eigenvalue weighted by atomic mass is 16.3. The topological polar surface area (TPSA) is 62.2 Å². The normalized spacial score (nSPS) is 15.4. The van der Waals surface area contributed by atoms with E-state index in [9.17, 15) is 9.90 Å². The zero-order chi connectivity index (χ0) is 15.6. The molecule has 0 saturated heterocycles. The number of benzene rings is 1. The maximum absolute atomic E-state index is 12.4. The van der Waals surface area contributed by atoms with Crippen molar-refractivity contribution in [2.75, 3.05) is 13.2 Å². The Labute approximate surface area is 130 Å². The smallest absolute Gasteiger partial charge is 0.251 e. The molecule has 1 aliphatic rings. The number of hydrogen-bond acceptors (Lipinski definition) is 3. The van der Waals surface area contributed by atoms with Crippen LogP contribution >= 0.6 is 0 Å². The Kier molecular flexibility index (Phi) is 3.94. The predicted molar refractivity (Wildman–Crippen MR) is 85.5 cm³/mol. The maximum Gasteiger partial charge on any atom is 0.251 e. The summed E-state index contributed by atoms with van der Waals surface area (Å²) >= 11 is 0. The van der Waals surface area contributed by atoms with Crippen LogP contribution in [0.5, 0.6) is 0 Å². The number of aliphatic hydroxyl groups excluding tert-OH is 1. The van der Waals surface area contributed by atoms with Crippen LogP contribution in [0, 0.1) is 12.3 Å². The summed E-state index contributed by atoms with van der Waals surface area (Å²) in [5.74, 6) is -0.0880. The molecular formula is C18H20N2O2. The lowest BCUT2D eigenvalue weighted by Gasteiger charge is -2.15. The highest BCUT2D eigenvalue weighted by Gasteiger charge is 2.42. The largest absolute Gasteiger partial charge is 0.396 e. The SMILES string of the molecule is Cc1c(C(=O)NCC2(CO)CC2)cccc1-c1ccccn1. The van der Waals surface area contributed by atoms with E-state index in [0.717, 1.165) is 29.7 Å². The summed E-state index contributed by atoms with van der Waals surface area (Å²) in [5, 5.41) is 12.3. The molecule has 1 aromatic carbocycles. The Balaban J connectivity index is 1.81. The average molecular weight is 296 g/mol. The fraction of sp³-hybridized carbons (Fsp3) is 0.333. The highest BCUT2D eigenvalue weighted by molar-refractivity contribution is 5.97. The molecule has 1 fully saturated rings. The second-order valence-electron chi connectivity index (χ2n) is 6.03. The molecule has 4 heteroatoms. The van der Waals surface area contributed by atoms with Crippen molar-refractivity contribution >= 4 is 5.91 Å². The van der Waals surface area contributed by atoms with Crippen molar-refractivity contribution < 1.29 is 9.90 Å². The van der Waals surface area contributed by atoms with Crippen molar-refractivity contribution in [2.24, 2.45) is 5.41 Å². The van der Waals surface area contributed by atoms with Gasteiger partial charge in [-0.25, -0.2) is 0 Å². The van der Waals surface area contributed by atoms with Crippen molar-refractivity contribution in [3.05, 3.63) is 53.7 Å². The molecule has 2 N–H and O–H groups in total. The van der Waals surface area contributed by atoms with Gasteiger partial charge in [-0.2, -0.15) is 0 Å². The lowest BCUT2D eigenvalue weighted by Crippen LogP contribution is -2.32. The molecule has 0 unspecified atom stereocenters. The Hall–Kier alpha value is -2.20. The van der Waals surface area contributed by atoms with Gasteiger partial charge in [-0.1, -0.05) is 18.2 Å². The lowest BCUT2D eigenvalue weighted by atomic mass is 9.99. The number of aliphatic hydroxyl groups is 1. The molecule has 114 valence electrons. The number of carbonyl (C=O) groups excluding carboxylic acids is 1. The molecule has 0 radical (unpaired) electrons. The van der Waals surface area contributed by atoms with Gasteiger partial charge in [-0.05, 0) is 43.5 Å². The summed E-state index contributed by atoms with van der Waals surface area (Å²) in [5.41, 5.74) is 3.34. The van der Waals surface area contributed by atoms with E-state index in [0.29, 0.717) is 12.1 Å². The van der Waals surface area contributed by atoms with Crippen LogP contribution in [0.3, 0.4) is 0 Å². The van der Waals surface area contributed by atoms with Crippen molar-refractivity contribution in [1.82, 2.24) is 10.3 Å². The van der Waals surface area contributed by atoms with Gasteiger partial charge in [0.1, 0.15) is 0 Å². The summed E-state index contributed by atoms with van der Waals surface area (Å²) in [6.45, 7) is 2.62. The zero-order valence-corrected chi connectivity index (χ0v) is 12.7. The van der Waals surface area contributed by atoms with Gasteiger partial charge in [0.15, 0.2) is 0 Å². The third-order valence-electron chi connectivity index (χ3n) is 4.44. The number of rotatable bonds is 5. The van der Waals surface area contributed by atoms with E-state index in [1.807, 2.05) is 43.3 Å². The van der Waals surface area contributed by atoms with Gasteiger partial charge in [0, 0.05) is 29.3 Å². The van der Waals surface area contributed by atoms with Crippen LogP contribution in [0.2, 0.25) is 0 Å². The standard InChI is InChI=1S/C18H20N2O2/c1-13-14(16-7-2-3-10-19-16)5-4-6-15(13)17(22)20-11-18(12-21)8-9-18/h2-7,10,21H,8-9,11-12H2,1H3,(H,20,22). The second-order valence-corrected chi connectivity index (χ2v) is 6.03. The lowest BCUT2D eigenvalue weighted by molar-refractivity contribution is 0.0934. The number of pyridine rings is 1. The molecule has 1 heterocycles. The van der Waals surface area contributed by atoms with E-state index in [4.69, 9.17) is 0 Å². The summed E-state index contributed by atoms with van der Waals surface area (Å²) in [4.78, 5) is 16.8.